The molecule has 8 nitrogen and oxygen atoms in total. The fourth-order valence-corrected chi connectivity index (χ4v) is 3.56. The monoisotopic (exact) mass is 321 g/mol. The highest BCUT2D eigenvalue weighted by Crippen LogP contribution is 2.47. The van der Waals surface area contributed by atoms with Crippen LogP contribution in [0.2, 0.25) is 0 Å². The van der Waals surface area contributed by atoms with E-state index in [4.69, 9.17) is 18.9 Å². The van der Waals surface area contributed by atoms with E-state index in [1.165, 1.54) is 24.3 Å². The molecule has 0 spiro atoms. The number of carbonyl (C=O) groups excluding carboxylic acids is 1. The summed E-state index contributed by atoms with van der Waals surface area (Å²) < 4.78 is 21.7. The molecule has 1 saturated carbocycles. The second-order valence-corrected chi connectivity index (χ2v) is 6.03. The largest absolute Gasteiger partial charge is 0.514 e. The van der Waals surface area contributed by atoms with Crippen molar-refractivity contribution >= 4 is 11.8 Å². The van der Waals surface area contributed by atoms with Gasteiger partial charge in [-0.1, -0.05) is 0 Å². The Labute approximate surface area is 131 Å². The molecule has 0 N–H and O–H groups in total. The van der Waals surface area contributed by atoms with Crippen LogP contribution in [0.5, 0.6) is 5.75 Å². The van der Waals surface area contributed by atoms with Gasteiger partial charge >= 0.3 is 6.16 Å². The summed E-state index contributed by atoms with van der Waals surface area (Å²) in [6.45, 7) is 0.638. The van der Waals surface area contributed by atoms with Crippen LogP contribution in [0.15, 0.2) is 24.3 Å². The van der Waals surface area contributed by atoms with Crippen molar-refractivity contribution in [2.45, 2.75) is 31.3 Å². The summed E-state index contributed by atoms with van der Waals surface area (Å²) in [6, 6.07) is 5.25. The fourth-order valence-electron chi connectivity index (χ4n) is 3.56. The topological polar surface area (TPSA) is 97.1 Å². The summed E-state index contributed by atoms with van der Waals surface area (Å²) in [5.74, 6) is 0.966. The average Bonchev–Trinajstić information content (AvgIpc) is 3.06. The van der Waals surface area contributed by atoms with Crippen LogP contribution in [-0.4, -0.2) is 36.2 Å². The van der Waals surface area contributed by atoms with E-state index in [-0.39, 0.29) is 29.9 Å². The molecular formula is C15H15NO7. The third-order valence-electron chi connectivity index (χ3n) is 4.69. The molecule has 8 heteroatoms. The van der Waals surface area contributed by atoms with Gasteiger partial charge in [0.05, 0.1) is 17.6 Å². The molecule has 2 aliphatic heterocycles. The standard InChI is InChI=1S/C15H15NO7/c17-15(21-10-3-1-9(2-4-10)16(18)19)23-12-5-8-7-20-14-11(8)6-13(12)22-14/h1-4,8,11-14H,5-7H2/t8-,11?,12?,13?,14+/m0/s1. The molecule has 4 rings (SSSR count). The highest BCUT2D eigenvalue weighted by molar-refractivity contribution is 5.64. The zero-order chi connectivity index (χ0) is 16.0. The van der Waals surface area contributed by atoms with Crippen molar-refractivity contribution in [3.05, 3.63) is 34.4 Å². The summed E-state index contributed by atoms with van der Waals surface area (Å²) in [7, 11) is 0. The van der Waals surface area contributed by atoms with E-state index in [9.17, 15) is 14.9 Å². The van der Waals surface area contributed by atoms with Gasteiger partial charge in [0, 0.05) is 18.1 Å². The van der Waals surface area contributed by atoms with Gasteiger partial charge in [0.15, 0.2) is 6.29 Å². The lowest BCUT2D eigenvalue weighted by atomic mass is 9.80. The summed E-state index contributed by atoms with van der Waals surface area (Å²) >= 11 is 0. The minimum atomic E-state index is -0.824. The number of non-ortho nitro benzene ring substituents is 1. The van der Waals surface area contributed by atoms with Crippen LogP contribution in [0.3, 0.4) is 0 Å². The Morgan fingerprint density at radius 1 is 1.26 bits per heavy atom. The van der Waals surface area contributed by atoms with Gasteiger partial charge in [0.1, 0.15) is 11.9 Å². The number of ether oxygens (including phenoxy) is 4. The van der Waals surface area contributed by atoms with Crippen LogP contribution in [0.25, 0.3) is 0 Å². The molecule has 2 saturated heterocycles. The van der Waals surface area contributed by atoms with Gasteiger partial charge in [0.25, 0.3) is 5.69 Å². The van der Waals surface area contributed by atoms with E-state index in [2.05, 4.69) is 0 Å². The quantitative estimate of drug-likeness (QED) is 0.364. The lowest BCUT2D eigenvalue weighted by molar-refractivity contribution is -0.384. The first-order valence-electron chi connectivity index (χ1n) is 7.50. The average molecular weight is 321 g/mol. The molecule has 3 aliphatic rings. The Kier molecular flexibility index (Phi) is 3.42. The van der Waals surface area contributed by atoms with Crippen LogP contribution in [0.1, 0.15) is 12.8 Å². The second kappa shape index (κ2) is 5.47. The first-order valence-corrected chi connectivity index (χ1v) is 7.50. The van der Waals surface area contributed by atoms with Gasteiger partial charge in [-0.2, -0.15) is 0 Å². The number of carbonyl (C=O) groups is 1. The van der Waals surface area contributed by atoms with Crippen LogP contribution in [0, 0.1) is 22.0 Å². The van der Waals surface area contributed by atoms with Crippen LogP contribution in [-0.2, 0) is 14.2 Å². The van der Waals surface area contributed by atoms with Crippen molar-refractivity contribution < 1.29 is 28.7 Å². The molecule has 0 amide bonds. The molecule has 3 unspecified atom stereocenters. The van der Waals surface area contributed by atoms with Crippen molar-refractivity contribution in [1.29, 1.82) is 0 Å². The van der Waals surface area contributed by atoms with Crippen molar-refractivity contribution in [3.8, 4) is 5.75 Å². The summed E-state index contributed by atoms with van der Waals surface area (Å²) in [6.07, 6.45) is 0.0759. The number of hydrogen-bond donors (Lipinski definition) is 0. The van der Waals surface area contributed by atoms with E-state index < -0.39 is 11.1 Å². The molecule has 1 aromatic rings. The molecule has 122 valence electrons. The lowest BCUT2D eigenvalue weighted by Gasteiger charge is -2.30. The Hall–Kier alpha value is -2.19. The molecule has 5 atom stereocenters. The fraction of sp³-hybridized carbons (Fsp3) is 0.533. The van der Waals surface area contributed by atoms with Crippen LogP contribution >= 0.6 is 0 Å². The van der Waals surface area contributed by atoms with Crippen molar-refractivity contribution in [2.75, 3.05) is 6.61 Å². The van der Waals surface area contributed by atoms with Crippen LogP contribution < -0.4 is 4.74 Å². The summed E-state index contributed by atoms with van der Waals surface area (Å²) in [5.41, 5.74) is -0.0700. The molecule has 0 aromatic heterocycles. The molecule has 0 radical (unpaired) electrons. The molecular weight excluding hydrogens is 306 g/mol. The molecule has 1 aliphatic carbocycles. The van der Waals surface area contributed by atoms with Crippen LogP contribution in [0.4, 0.5) is 10.5 Å². The van der Waals surface area contributed by atoms with Gasteiger partial charge in [0.2, 0.25) is 0 Å². The van der Waals surface area contributed by atoms with Gasteiger partial charge in [-0.25, -0.2) is 4.79 Å². The van der Waals surface area contributed by atoms with E-state index >= 15 is 0 Å². The smallest absolute Gasteiger partial charge is 0.428 e. The highest BCUT2D eigenvalue weighted by atomic mass is 16.7. The maximum absolute atomic E-state index is 11.9. The van der Waals surface area contributed by atoms with Crippen molar-refractivity contribution in [1.82, 2.24) is 0 Å². The SMILES string of the molecule is O=C(Oc1ccc([N+](=O)[O-])cc1)OC1C[C@H]2CO[C@@H]3OC1CC23. The van der Waals surface area contributed by atoms with E-state index in [0.717, 1.165) is 6.42 Å². The zero-order valence-electron chi connectivity index (χ0n) is 12.1. The predicted molar refractivity (Wildman–Crippen MR) is 74.8 cm³/mol. The normalized spacial score (nSPS) is 34.2. The van der Waals surface area contributed by atoms with E-state index in [1.54, 1.807) is 0 Å². The first kappa shape index (κ1) is 14.4. The predicted octanol–water partition coefficient (Wildman–Crippen LogP) is 2.26. The maximum atomic E-state index is 11.9. The third kappa shape index (κ3) is 2.64. The summed E-state index contributed by atoms with van der Waals surface area (Å²) in [4.78, 5) is 22.0. The molecule has 2 bridgehead atoms. The van der Waals surface area contributed by atoms with Gasteiger partial charge in [-0.15, -0.1) is 0 Å². The van der Waals surface area contributed by atoms with Gasteiger partial charge in [-0.3, -0.25) is 10.1 Å². The van der Waals surface area contributed by atoms with Crippen molar-refractivity contribution in [3.63, 3.8) is 0 Å². The lowest BCUT2D eigenvalue weighted by Crippen LogP contribution is -2.38. The Bertz CT molecular complexity index is 629. The molecule has 2 heterocycles. The minimum Gasteiger partial charge on any atom is -0.428 e. The number of nitro benzene ring substituents is 1. The number of hydrogen-bond acceptors (Lipinski definition) is 7. The number of benzene rings is 1. The Balaban J connectivity index is 1.36. The molecule has 23 heavy (non-hydrogen) atoms. The number of rotatable bonds is 3. The number of fused-ring (bicyclic) bond motifs is 1. The maximum Gasteiger partial charge on any atom is 0.514 e. The Morgan fingerprint density at radius 2 is 2.04 bits per heavy atom. The van der Waals surface area contributed by atoms with Gasteiger partial charge in [-0.05, 0) is 30.9 Å². The molecule has 3 fully saturated rings. The number of nitro groups is 1. The van der Waals surface area contributed by atoms with Crippen molar-refractivity contribution in [2.24, 2.45) is 11.8 Å². The molecule has 1 aromatic carbocycles. The Morgan fingerprint density at radius 3 is 2.78 bits per heavy atom. The minimum absolute atomic E-state index is 0.0700. The first-order chi connectivity index (χ1) is 11.1. The highest BCUT2D eigenvalue weighted by Gasteiger charge is 2.54. The van der Waals surface area contributed by atoms with Gasteiger partial charge < -0.3 is 18.9 Å². The zero-order valence-corrected chi connectivity index (χ0v) is 12.1. The summed E-state index contributed by atoms with van der Waals surface area (Å²) in [5, 5.41) is 10.6. The van der Waals surface area contributed by atoms with E-state index in [0.29, 0.717) is 24.9 Å². The van der Waals surface area contributed by atoms with E-state index in [1.807, 2.05) is 0 Å². The third-order valence-corrected chi connectivity index (χ3v) is 4.69. The number of nitrogens with zero attached hydrogens (tertiary/aromatic N) is 1. The second-order valence-electron chi connectivity index (χ2n) is 6.03.